The number of carbonyl (C=O) groups is 2. The normalized spacial score (nSPS) is 16.7. The first-order valence-electron chi connectivity index (χ1n) is 11.5. The molecule has 1 atom stereocenters. The third kappa shape index (κ3) is 6.03. The van der Waals surface area contributed by atoms with Crippen molar-refractivity contribution in [2.45, 2.75) is 44.6 Å². The first-order valence-corrected chi connectivity index (χ1v) is 11.9. The van der Waals surface area contributed by atoms with Gasteiger partial charge in [0.15, 0.2) is 0 Å². The summed E-state index contributed by atoms with van der Waals surface area (Å²) >= 11 is 6.31. The van der Waals surface area contributed by atoms with Crippen LogP contribution in [-0.4, -0.2) is 43.0 Å². The summed E-state index contributed by atoms with van der Waals surface area (Å²) in [6, 6.07) is 10.0. The number of amides is 2. The zero-order valence-electron chi connectivity index (χ0n) is 18.5. The molecule has 0 aromatic heterocycles. The monoisotopic (exact) mass is 473 g/mol. The second-order valence-corrected chi connectivity index (χ2v) is 8.92. The van der Waals surface area contributed by atoms with Crippen LogP contribution in [0.15, 0.2) is 36.4 Å². The number of hydrogen-bond donors (Lipinski definition) is 2. The molecule has 0 bridgehead atoms. The van der Waals surface area contributed by atoms with Crippen LogP contribution in [0.25, 0.3) is 0 Å². The van der Waals surface area contributed by atoms with Gasteiger partial charge in [0.1, 0.15) is 11.6 Å². The van der Waals surface area contributed by atoms with Crippen molar-refractivity contribution in [3.8, 4) is 5.75 Å². The molecule has 2 amide bonds. The van der Waals surface area contributed by atoms with Crippen molar-refractivity contribution in [2.24, 2.45) is 0 Å². The third-order valence-electron chi connectivity index (χ3n) is 6.20. The Hall–Kier alpha value is -2.64. The summed E-state index contributed by atoms with van der Waals surface area (Å²) in [6.07, 6.45) is 4.18. The van der Waals surface area contributed by atoms with Gasteiger partial charge in [-0.1, -0.05) is 17.7 Å². The molecule has 2 heterocycles. The maximum Gasteiger partial charge on any atom is 0.224 e. The molecule has 0 spiro atoms. The van der Waals surface area contributed by atoms with Gasteiger partial charge in [0.25, 0.3) is 0 Å². The number of likely N-dealkylation sites (tertiary alicyclic amines) is 1. The molecule has 33 heavy (non-hydrogen) atoms. The van der Waals surface area contributed by atoms with E-state index in [2.05, 4.69) is 15.5 Å². The molecule has 0 saturated carbocycles. The van der Waals surface area contributed by atoms with Crippen molar-refractivity contribution in [1.29, 1.82) is 0 Å². The van der Waals surface area contributed by atoms with Gasteiger partial charge in [-0.25, -0.2) is 4.39 Å². The first kappa shape index (κ1) is 23.5. The number of fused-ring (bicyclic) bond motifs is 1. The minimum Gasteiger partial charge on any atom is -0.494 e. The average Bonchev–Trinajstić information content (AvgIpc) is 3.33. The highest BCUT2D eigenvalue weighted by Gasteiger charge is 2.28. The quantitative estimate of drug-likeness (QED) is 0.527. The van der Waals surface area contributed by atoms with Crippen LogP contribution in [0.2, 0.25) is 5.02 Å². The van der Waals surface area contributed by atoms with E-state index < -0.39 is 0 Å². The molecule has 2 aliphatic rings. The van der Waals surface area contributed by atoms with E-state index >= 15 is 0 Å². The van der Waals surface area contributed by atoms with E-state index in [1.54, 1.807) is 12.1 Å². The number of rotatable bonds is 9. The zero-order chi connectivity index (χ0) is 23.2. The summed E-state index contributed by atoms with van der Waals surface area (Å²) in [4.78, 5) is 26.1. The lowest BCUT2D eigenvalue weighted by Gasteiger charge is -2.29. The van der Waals surface area contributed by atoms with E-state index in [4.69, 9.17) is 16.3 Å². The highest BCUT2D eigenvalue weighted by molar-refractivity contribution is 6.31. The summed E-state index contributed by atoms with van der Waals surface area (Å²) in [5, 5.41) is 6.19. The minimum atomic E-state index is -0.341. The maximum atomic E-state index is 14.6. The van der Waals surface area contributed by atoms with Crippen molar-refractivity contribution >= 4 is 29.1 Å². The smallest absolute Gasteiger partial charge is 0.224 e. The van der Waals surface area contributed by atoms with Crippen LogP contribution < -0.4 is 15.4 Å². The molecule has 8 heteroatoms. The number of carbonyl (C=O) groups excluding carboxylic acids is 2. The number of nitrogens with zero attached hydrogens (tertiary/aromatic N) is 1. The predicted molar refractivity (Wildman–Crippen MR) is 126 cm³/mol. The number of hydrogen-bond acceptors (Lipinski definition) is 4. The molecule has 1 unspecified atom stereocenters. The van der Waals surface area contributed by atoms with Crippen LogP contribution in [0.1, 0.15) is 49.3 Å². The van der Waals surface area contributed by atoms with Crippen molar-refractivity contribution in [1.82, 2.24) is 10.2 Å². The molecule has 4 rings (SSSR count). The van der Waals surface area contributed by atoms with Crippen molar-refractivity contribution in [2.75, 3.05) is 31.6 Å². The van der Waals surface area contributed by atoms with Gasteiger partial charge in [-0.2, -0.15) is 0 Å². The van der Waals surface area contributed by atoms with Crippen LogP contribution >= 0.6 is 11.6 Å². The fourth-order valence-corrected chi connectivity index (χ4v) is 4.76. The average molecular weight is 474 g/mol. The Balaban J connectivity index is 1.25. The van der Waals surface area contributed by atoms with Crippen molar-refractivity contribution in [3.63, 3.8) is 0 Å². The van der Waals surface area contributed by atoms with E-state index in [0.29, 0.717) is 49.4 Å². The summed E-state index contributed by atoms with van der Waals surface area (Å²) in [7, 11) is 0. The number of aryl methyl sites for hydroxylation is 1. The van der Waals surface area contributed by atoms with Crippen molar-refractivity contribution in [3.05, 3.63) is 58.4 Å². The Morgan fingerprint density at radius 3 is 2.82 bits per heavy atom. The minimum absolute atomic E-state index is 0.0337. The van der Waals surface area contributed by atoms with Crippen LogP contribution in [-0.2, 0) is 16.0 Å². The van der Waals surface area contributed by atoms with E-state index in [0.717, 1.165) is 42.9 Å². The van der Waals surface area contributed by atoms with Crippen LogP contribution in [0.4, 0.5) is 10.1 Å². The van der Waals surface area contributed by atoms with E-state index in [-0.39, 0.29) is 23.7 Å². The lowest BCUT2D eigenvalue weighted by molar-refractivity contribution is -0.121. The van der Waals surface area contributed by atoms with Crippen LogP contribution in [0, 0.1) is 5.82 Å². The van der Waals surface area contributed by atoms with Gasteiger partial charge in [0.05, 0.1) is 12.6 Å². The molecule has 0 aliphatic carbocycles. The molecular formula is C25H29ClFN3O3. The standard InChI is InChI=1S/C25H29ClFN3O3/c26-19-5-3-6-20(27)25(19)22(30-12-1-2-13-30)16-28-23(31)7-4-14-33-18-9-10-21-17(15-18)8-11-24(32)29-21/h3,5-6,9-10,15,22H,1-2,4,7-8,11-14,16H2,(H,28,31)(H,29,32). The Morgan fingerprint density at radius 2 is 2.03 bits per heavy atom. The van der Waals surface area contributed by atoms with Crippen molar-refractivity contribution < 1.29 is 18.7 Å². The molecule has 0 radical (unpaired) electrons. The second-order valence-electron chi connectivity index (χ2n) is 8.52. The van der Waals surface area contributed by atoms with E-state index in [9.17, 15) is 14.0 Å². The molecule has 1 saturated heterocycles. The van der Waals surface area contributed by atoms with Crippen LogP contribution in [0.3, 0.4) is 0 Å². The van der Waals surface area contributed by atoms with Gasteiger partial charge in [-0.15, -0.1) is 0 Å². The molecular weight excluding hydrogens is 445 g/mol. The topological polar surface area (TPSA) is 70.7 Å². The lowest BCUT2D eigenvalue weighted by atomic mass is 10.0. The van der Waals surface area contributed by atoms with Crippen LogP contribution in [0.5, 0.6) is 5.75 Å². The zero-order valence-corrected chi connectivity index (χ0v) is 19.3. The number of anilines is 1. The van der Waals surface area contributed by atoms with Gasteiger partial charge in [-0.3, -0.25) is 14.5 Å². The first-order chi connectivity index (χ1) is 16.0. The summed E-state index contributed by atoms with van der Waals surface area (Å²) in [5.41, 5.74) is 2.35. The molecule has 176 valence electrons. The van der Waals surface area contributed by atoms with E-state index in [1.807, 2.05) is 18.2 Å². The van der Waals surface area contributed by atoms with Gasteiger partial charge in [0, 0.05) is 35.7 Å². The largest absolute Gasteiger partial charge is 0.494 e. The fraction of sp³-hybridized carbons (Fsp3) is 0.440. The Kier molecular flexibility index (Phi) is 7.83. The molecule has 6 nitrogen and oxygen atoms in total. The summed E-state index contributed by atoms with van der Waals surface area (Å²) in [6.45, 7) is 2.46. The molecule has 2 aromatic carbocycles. The predicted octanol–water partition coefficient (Wildman–Crippen LogP) is 4.48. The Labute approximate surface area is 198 Å². The highest BCUT2D eigenvalue weighted by atomic mass is 35.5. The van der Waals surface area contributed by atoms with Gasteiger partial charge in [0.2, 0.25) is 11.8 Å². The second kappa shape index (κ2) is 11.0. The fourth-order valence-electron chi connectivity index (χ4n) is 4.47. The molecule has 2 aliphatic heterocycles. The molecule has 2 aromatic rings. The summed E-state index contributed by atoms with van der Waals surface area (Å²) in [5.74, 6) is 0.329. The lowest BCUT2D eigenvalue weighted by Crippen LogP contribution is -2.37. The molecule has 1 fully saturated rings. The third-order valence-corrected chi connectivity index (χ3v) is 6.53. The number of benzene rings is 2. The molecule has 2 N–H and O–H groups in total. The number of halogens is 2. The number of nitrogens with one attached hydrogen (secondary N) is 2. The van der Waals surface area contributed by atoms with E-state index in [1.165, 1.54) is 6.07 Å². The van der Waals surface area contributed by atoms with Gasteiger partial charge in [-0.05, 0) is 74.7 Å². The van der Waals surface area contributed by atoms with Gasteiger partial charge >= 0.3 is 0 Å². The Bertz CT molecular complexity index is 990. The van der Waals surface area contributed by atoms with Gasteiger partial charge < -0.3 is 15.4 Å². The number of ether oxygens (including phenoxy) is 1. The summed E-state index contributed by atoms with van der Waals surface area (Å²) < 4.78 is 20.3. The SMILES string of the molecule is O=C(CCCOc1ccc2c(c1)CCC(=O)N2)NCC(c1c(F)cccc1Cl)N1CCCC1. The Morgan fingerprint density at radius 1 is 1.21 bits per heavy atom. The highest BCUT2D eigenvalue weighted by Crippen LogP contribution is 2.32. The maximum absolute atomic E-state index is 14.6.